The first-order valence-electron chi connectivity index (χ1n) is 28.0. The third-order valence-electron chi connectivity index (χ3n) is 13.4. The molecule has 3 atom stereocenters. The zero-order valence-electron chi connectivity index (χ0n) is 41.6. The third-order valence-corrected chi connectivity index (χ3v) is 13.4. The number of aliphatic hydroxyl groups excluding tert-OH is 3. The van der Waals surface area contributed by atoms with E-state index in [1.54, 1.807) is 0 Å². The van der Waals surface area contributed by atoms with E-state index in [0.717, 1.165) is 38.5 Å². The zero-order valence-corrected chi connectivity index (χ0v) is 41.6. The van der Waals surface area contributed by atoms with Gasteiger partial charge in [0.1, 0.15) is 6.10 Å². The second-order valence-electron chi connectivity index (χ2n) is 19.5. The predicted molar refractivity (Wildman–Crippen MR) is 269 cm³/mol. The summed E-state index contributed by atoms with van der Waals surface area (Å²) >= 11 is 0. The fourth-order valence-corrected chi connectivity index (χ4v) is 9.05. The minimum atomic E-state index is -1.15. The first-order valence-corrected chi connectivity index (χ1v) is 28.0. The standard InChI is InChI=1S/C56H111NO4/c1-3-5-7-9-11-13-15-17-19-20-21-22-23-24-25-26-27-28-29-30-31-32-33-34-35-36-37-39-41-43-45-47-49-51-55(60)57-53(52-58)56(61)54(59)50-48-46-44-42-40-38-18-16-14-12-10-8-6-4-2/h42,44,53-54,56,58-59,61H,3-41,43,45-52H2,1-2H3,(H,57,60)/b44-42+. The van der Waals surface area contributed by atoms with Crippen molar-refractivity contribution in [3.63, 3.8) is 0 Å². The average Bonchev–Trinajstić information content (AvgIpc) is 3.26. The van der Waals surface area contributed by atoms with Crippen LogP contribution in [-0.2, 0) is 4.79 Å². The highest BCUT2D eigenvalue weighted by Crippen LogP contribution is 2.18. The van der Waals surface area contributed by atoms with E-state index in [4.69, 9.17) is 0 Å². The van der Waals surface area contributed by atoms with Crippen LogP contribution in [0.4, 0.5) is 0 Å². The van der Waals surface area contributed by atoms with Crippen LogP contribution in [0.5, 0.6) is 0 Å². The fraction of sp³-hybridized carbons (Fsp3) is 0.946. The van der Waals surface area contributed by atoms with Gasteiger partial charge in [0.25, 0.3) is 0 Å². The van der Waals surface area contributed by atoms with E-state index in [-0.39, 0.29) is 12.5 Å². The summed E-state index contributed by atoms with van der Waals surface area (Å²) < 4.78 is 0. The van der Waals surface area contributed by atoms with Crippen molar-refractivity contribution in [1.82, 2.24) is 5.32 Å². The Morgan fingerprint density at radius 1 is 0.393 bits per heavy atom. The molecule has 0 fully saturated rings. The van der Waals surface area contributed by atoms with Gasteiger partial charge in [0.05, 0.1) is 18.8 Å². The maximum Gasteiger partial charge on any atom is 0.220 e. The summed E-state index contributed by atoms with van der Waals surface area (Å²) in [6, 6.07) is -0.821. The molecule has 0 radical (unpaired) electrons. The Morgan fingerprint density at radius 2 is 0.656 bits per heavy atom. The summed E-state index contributed by atoms with van der Waals surface area (Å²) in [5.41, 5.74) is 0. The Kier molecular flexibility index (Phi) is 51.0. The van der Waals surface area contributed by atoms with Crippen LogP contribution < -0.4 is 5.32 Å². The second kappa shape index (κ2) is 51.7. The van der Waals surface area contributed by atoms with Crippen molar-refractivity contribution in [3.05, 3.63) is 12.2 Å². The summed E-state index contributed by atoms with van der Waals surface area (Å²) in [5.74, 6) is -0.148. The van der Waals surface area contributed by atoms with Gasteiger partial charge in [-0.15, -0.1) is 0 Å². The molecule has 0 saturated carbocycles. The molecule has 0 saturated heterocycles. The summed E-state index contributed by atoms with van der Waals surface area (Å²) in [5, 5.41) is 33.6. The van der Waals surface area contributed by atoms with Crippen LogP contribution in [0.2, 0.25) is 0 Å². The van der Waals surface area contributed by atoms with Crippen molar-refractivity contribution in [3.8, 4) is 0 Å². The first-order chi connectivity index (χ1) is 30.1. The number of rotatable bonds is 52. The van der Waals surface area contributed by atoms with Gasteiger partial charge in [0.15, 0.2) is 0 Å². The van der Waals surface area contributed by atoms with Crippen molar-refractivity contribution >= 4 is 5.91 Å². The molecule has 364 valence electrons. The van der Waals surface area contributed by atoms with Gasteiger partial charge in [-0.2, -0.15) is 0 Å². The van der Waals surface area contributed by atoms with Crippen molar-refractivity contribution < 1.29 is 20.1 Å². The SMILES string of the molecule is CCCCCCCCCCC/C=C/CCCC(O)C(O)C(CO)NC(=O)CCCCCCCCCCCCCCCCCCCCCCCCCCCCCCCCCCC. The quantitative estimate of drug-likeness (QED) is 0.0362. The highest BCUT2D eigenvalue weighted by Gasteiger charge is 2.26. The lowest BCUT2D eigenvalue weighted by atomic mass is 10.0. The van der Waals surface area contributed by atoms with E-state index in [2.05, 4.69) is 31.3 Å². The summed E-state index contributed by atoms with van der Waals surface area (Å²) in [4.78, 5) is 12.5. The summed E-state index contributed by atoms with van der Waals surface area (Å²) in [6.45, 7) is 4.19. The van der Waals surface area contributed by atoms with Gasteiger partial charge in [-0.25, -0.2) is 0 Å². The van der Waals surface area contributed by atoms with Crippen LogP contribution in [-0.4, -0.2) is 46.1 Å². The Bertz CT molecular complexity index is 864. The van der Waals surface area contributed by atoms with E-state index < -0.39 is 18.2 Å². The van der Waals surface area contributed by atoms with Crippen molar-refractivity contribution in [1.29, 1.82) is 0 Å². The van der Waals surface area contributed by atoms with Gasteiger partial charge in [-0.1, -0.05) is 283 Å². The lowest BCUT2D eigenvalue weighted by Gasteiger charge is -2.26. The Hall–Kier alpha value is -0.910. The fourth-order valence-electron chi connectivity index (χ4n) is 9.05. The number of unbranched alkanes of at least 4 members (excludes halogenated alkanes) is 42. The van der Waals surface area contributed by atoms with Crippen LogP contribution >= 0.6 is 0 Å². The maximum atomic E-state index is 12.5. The number of hydrogen-bond acceptors (Lipinski definition) is 4. The molecule has 0 aliphatic carbocycles. The number of amides is 1. The Balaban J connectivity index is 3.45. The number of carbonyl (C=O) groups is 1. The molecule has 0 aliphatic rings. The molecule has 0 rings (SSSR count). The van der Waals surface area contributed by atoms with E-state index >= 15 is 0 Å². The molecule has 0 heterocycles. The van der Waals surface area contributed by atoms with Gasteiger partial charge in [-0.3, -0.25) is 4.79 Å². The molecular formula is C56H111NO4. The minimum Gasteiger partial charge on any atom is -0.394 e. The lowest BCUT2D eigenvalue weighted by Crippen LogP contribution is -2.50. The molecule has 1 amide bonds. The normalized spacial score (nSPS) is 13.3. The number of nitrogens with one attached hydrogen (secondary N) is 1. The van der Waals surface area contributed by atoms with Crippen molar-refractivity contribution in [2.75, 3.05) is 6.61 Å². The molecule has 0 aromatic rings. The van der Waals surface area contributed by atoms with Crippen molar-refractivity contribution in [2.45, 2.75) is 334 Å². The molecule has 4 N–H and O–H groups in total. The van der Waals surface area contributed by atoms with Crippen LogP contribution in [0, 0.1) is 0 Å². The van der Waals surface area contributed by atoms with Crippen LogP contribution in [0.1, 0.15) is 316 Å². The Labute approximate surface area is 382 Å². The van der Waals surface area contributed by atoms with Crippen LogP contribution in [0.15, 0.2) is 12.2 Å². The van der Waals surface area contributed by atoms with Crippen molar-refractivity contribution in [2.24, 2.45) is 0 Å². The molecule has 0 aliphatic heterocycles. The molecular weight excluding hydrogens is 751 g/mol. The van der Waals surface area contributed by atoms with Gasteiger partial charge < -0.3 is 20.6 Å². The number of hydrogen-bond donors (Lipinski definition) is 4. The maximum absolute atomic E-state index is 12.5. The largest absolute Gasteiger partial charge is 0.394 e. The lowest BCUT2D eigenvalue weighted by molar-refractivity contribution is -0.124. The smallest absolute Gasteiger partial charge is 0.220 e. The summed E-state index contributed by atoms with van der Waals surface area (Å²) in [6.07, 6.45) is 63.8. The number of carbonyl (C=O) groups excluding carboxylic acids is 1. The van der Waals surface area contributed by atoms with Gasteiger partial charge in [-0.05, 0) is 38.5 Å². The second-order valence-corrected chi connectivity index (χ2v) is 19.5. The highest BCUT2D eigenvalue weighted by molar-refractivity contribution is 5.76. The molecule has 3 unspecified atom stereocenters. The Morgan fingerprint density at radius 3 is 0.951 bits per heavy atom. The van der Waals surface area contributed by atoms with Crippen LogP contribution in [0.3, 0.4) is 0 Å². The number of allylic oxidation sites excluding steroid dienone is 2. The van der Waals surface area contributed by atoms with E-state index in [0.29, 0.717) is 12.8 Å². The third kappa shape index (κ3) is 46.9. The molecule has 5 heteroatoms. The van der Waals surface area contributed by atoms with E-state index in [1.807, 2.05) is 0 Å². The van der Waals surface area contributed by atoms with Gasteiger partial charge in [0.2, 0.25) is 5.91 Å². The van der Waals surface area contributed by atoms with Crippen LogP contribution in [0.25, 0.3) is 0 Å². The zero-order chi connectivity index (χ0) is 44.4. The van der Waals surface area contributed by atoms with Gasteiger partial charge >= 0.3 is 0 Å². The summed E-state index contributed by atoms with van der Waals surface area (Å²) in [7, 11) is 0. The van der Waals surface area contributed by atoms with E-state index in [9.17, 15) is 20.1 Å². The molecule has 0 bridgehead atoms. The molecule has 5 nitrogen and oxygen atoms in total. The predicted octanol–water partition coefficient (Wildman–Crippen LogP) is 17.1. The average molecular weight is 863 g/mol. The first kappa shape index (κ1) is 60.1. The molecule has 61 heavy (non-hydrogen) atoms. The number of aliphatic hydroxyl groups is 3. The minimum absolute atomic E-state index is 0.148. The highest BCUT2D eigenvalue weighted by atomic mass is 16.3. The van der Waals surface area contributed by atoms with Gasteiger partial charge in [0, 0.05) is 6.42 Å². The topological polar surface area (TPSA) is 89.8 Å². The molecule has 0 aromatic heterocycles. The van der Waals surface area contributed by atoms with E-state index in [1.165, 1.54) is 250 Å². The molecule has 0 aromatic carbocycles. The monoisotopic (exact) mass is 862 g/mol. The molecule has 0 spiro atoms.